The van der Waals surface area contributed by atoms with Crippen LogP contribution in [-0.2, 0) is 0 Å². The van der Waals surface area contributed by atoms with Crippen molar-refractivity contribution < 1.29 is 19.1 Å². The van der Waals surface area contributed by atoms with Crippen molar-refractivity contribution in [2.24, 2.45) is 0 Å². The number of fused-ring (bicyclic) bond motifs is 1. The Morgan fingerprint density at radius 2 is 1.39 bits per heavy atom. The van der Waals surface area contributed by atoms with Crippen LogP contribution in [0.1, 0.15) is 15.4 Å². The number of imidazole rings is 1. The molecule has 0 aliphatic carbocycles. The van der Waals surface area contributed by atoms with Crippen LogP contribution in [0.15, 0.2) is 60.7 Å². The minimum Gasteiger partial charge on any atom is -0.485 e. The van der Waals surface area contributed by atoms with Crippen LogP contribution in [0.3, 0.4) is 0 Å². The van der Waals surface area contributed by atoms with Gasteiger partial charge in [0.05, 0.1) is 0 Å². The van der Waals surface area contributed by atoms with Crippen LogP contribution < -0.4 is 20.9 Å². The predicted molar refractivity (Wildman–Crippen MR) is 113 cm³/mol. The first kappa shape index (κ1) is 19.8. The van der Waals surface area contributed by atoms with Gasteiger partial charge >= 0.3 is 0 Å². The highest BCUT2D eigenvalue weighted by atomic mass is 16.5. The van der Waals surface area contributed by atoms with Crippen molar-refractivity contribution in [2.45, 2.75) is 0 Å². The predicted octanol–water partition coefficient (Wildman–Crippen LogP) is 1.97. The molecule has 0 aliphatic heterocycles. The zero-order valence-corrected chi connectivity index (χ0v) is 16.3. The van der Waals surface area contributed by atoms with Crippen LogP contribution in [0.25, 0.3) is 11.2 Å². The van der Waals surface area contributed by atoms with Crippen LogP contribution in [0.5, 0.6) is 11.5 Å². The van der Waals surface area contributed by atoms with E-state index in [-0.39, 0.29) is 42.0 Å². The minimum absolute atomic E-state index is 0.0288. The topological polar surface area (TPSA) is 148 Å². The molecule has 0 spiro atoms. The summed E-state index contributed by atoms with van der Waals surface area (Å²) in [6.07, 6.45) is 0. The highest BCUT2D eigenvalue weighted by Crippen LogP contribution is 2.22. The molecule has 0 atom stereocenters. The molecular formula is C21H18N6O4. The van der Waals surface area contributed by atoms with Gasteiger partial charge in [0.2, 0.25) is 11.7 Å². The van der Waals surface area contributed by atoms with Gasteiger partial charge in [0.25, 0.3) is 5.91 Å². The average Bonchev–Trinajstić information content (AvgIpc) is 3.17. The number of hydrogen-bond acceptors (Lipinski definition) is 9. The maximum Gasteiger partial charge on any atom is 0.270 e. The average molecular weight is 418 g/mol. The van der Waals surface area contributed by atoms with Gasteiger partial charge in [-0.05, 0) is 24.3 Å². The van der Waals surface area contributed by atoms with Gasteiger partial charge in [0.15, 0.2) is 30.5 Å². The summed E-state index contributed by atoms with van der Waals surface area (Å²) in [5.74, 6) is -0.523. The molecule has 0 aliphatic rings. The van der Waals surface area contributed by atoms with Gasteiger partial charge in [0, 0.05) is 0 Å². The summed E-state index contributed by atoms with van der Waals surface area (Å²) in [6, 6.07) is 17.6. The first-order valence-electron chi connectivity index (χ1n) is 9.26. The second-order valence-electron chi connectivity index (χ2n) is 6.43. The molecule has 0 fully saturated rings. The van der Waals surface area contributed by atoms with E-state index in [2.05, 4.69) is 15.0 Å². The molecule has 4 aromatic rings. The van der Waals surface area contributed by atoms with E-state index in [4.69, 9.17) is 20.9 Å². The second kappa shape index (κ2) is 8.49. The number of benzene rings is 2. The van der Waals surface area contributed by atoms with Crippen molar-refractivity contribution in [1.82, 2.24) is 19.5 Å². The lowest BCUT2D eigenvalue weighted by atomic mass is 10.3. The number of ether oxygens (including phenoxy) is 2. The fourth-order valence-electron chi connectivity index (χ4n) is 2.91. The number of hydrogen-bond donors (Lipinski definition) is 2. The SMILES string of the molecule is Nc1nc(N)c2c(n1)nc(C(=O)COc1ccccc1)n2C(=O)COc1ccccc1. The van der Waals surface area contributed by atoms with Crippen LogP contribution >= 0.6 is 0 Å². The van der Waals surface area contributed by atoms with Gasteiger partial charge < -0.3 is 20.9 Å². The number of nitrogens with two attached hydrogens (primary N) is 2. The summed E-state index contributed by atoms with van der Waals surface area (Å²) in [7, 11) is 0. The minimum atomic E-state index is -0.575. The van der Waals surface area contributed by atoms with E-state index >= 15 is 0 Å². The van der Waals surface area contributed by atoms with E-state index in [1.165, 1.54) is 0 Å². The smallest absolute Gasteiger partial charge is 0.270 e. The van der Waals surface area contributed by atoms with Gasteiger partial charge in [-0.1, -0.05) is 36.4 Å². The summed E-state index contributed by atoms with van der Waals surface area (Å²) < 4.78 is 12.1. The number of carbonyl (C=O) groups excluding carboxylic acids is 2. The van der Waals surface area contributed by atoms with Crippen LogP contribution in [0, 0.1) is 0 Å². The van der Waals surface area contributed by atoms with Crippen molar-refractivity contribution >= 4 is 34.6 Å². The summed E-state index contributed by atoms with van der Waals surface area (Å²) in [4.78, 5) is 37.9. The first-order valence-corrected chi connectivity index (χ1v) is 9.26. The monoisotopic (exact) mass is 418 g/mol. The lowest BCUT2D eigenvalue weighted by Gasteiger charge is -2.10. The Balaban J connectivity index is 1.66. The molecule has 156 valence electrons. The molecule has 4 rings (SSSR count). The van der Waals surface area contributed by atoms with Gasteiger partial charge in [-0.3, -0.25) is 14.2 Å². The van der Waals surface area contributed by atoms with Crippen LogP contribution in [0.4, 0.5) is 11.8 Å². The van der Waals surface area contributed by atoms with Crippen molar-refractivity contribution in [3.05, 3.63) is 66.5 Å². The Labute approximate surface area is 176 Å². The highest BCUT2D eigenvalue weighted by Gasteiger charge is 2.26. The number of nitrogen functional groups attached to an aromatic ring is 2. The summed E-state index contributed by atoms with van der Waals surface area (Å²) in [6.45, 7) is -0.706. The lowest BCUT2D eigenvalue weighted by Crippen LogP contribution is -2.26. The van der Waals surface area contributed by atoms with Crippen molar-refractivity contribution in [3.8, 4) is 11.5 Å². The number of para-hydroxylation sites is 2. The third-order valence-corrected chi connectivity index (χ3v) is 4.27. The number of carbonyl (C=O) groups is 2. The molecule has 0 unspecified atom stereocenters. The lowest BCUT2D eigenvalue weighted by molar-refractivity contribution is 0.0811. The van der Waals surface area contributed by atoms with Crippen LogP contribution in [0.2, 0.25) is 0 Å². The first-order chi connectivity index (χ1) is 15.0. The molecule has 10 heteroatoms. The normalized spacial score (nSPS) is 10.7. The van der Waals surface area contributed by atoms with E-state index in [1.807, 2.05) is 12.1 Å². The third kappa shape index (κ3) is 4.27. The van der Waals surface area contributed by atoms with Gasteiger partial charge in [0.1, 0.15) is 17.0 Å². The Hall–Kier alpha value is -4.47. The quantitative estimate of drug-likeness (QED) is 0.430. The standard InChI is InChI=1S/C21H18N6O4/c22-18-17-19(26-21(23)24-18)25-20(15(28)11-30-13-7-3-1-4-8-13)27(17)16(29)12-31-14-9-5-2-6-10-14/h1-10H,11-12H2,(H4,22,23,24,26). The Morgan fingerprint density at radius 1 is 0.806 bits per heavy atom. The van der Waals surface area contributed by atoms with Gasteiger partial charge in [-0.25, -0.2) is 4.98 Å². The number of Topliss-reactive ketones (excluding diaryl/α,β-unsaturated/α-hetero) is 1. The van der Waals surface area contributed by atoms with E-state index in [0.29, 0.717) is 11.5 Å². The maximum absolute atomic E-state index is 13.0. The summed E-state index contributed by atoms with van der Waals surface area (Å²) in [5, 5.41) is 0. The van der Waals surface area contributed by atoms with E-state index in [1.54, 1.807) is 48.5 Å². The Bertz CT molecular complexity index is 1240. The molecule has 0 bridgehead atoms. The molecule has 0 saturated carbocycles. The fourth-order valence-corrected chi connectivity index (χ4v) is 2.91. The van der Waals surface area contributed by atoms with E-state index in [0.717, 1.165) is 4.57 Å². The number of nitrogens with zero attached hydrogens (tertiary/aromatic N) is 4. The molecule has 10 nitrogen and oxygen atoms in total. The molecule has 0 radical (unpaired) electrons. The summed E-state index contributed by atoms with van der Waals surface area (Å²) in [5.41, 5.74) is 11.7. The summed E-state index contributed by atoms with van der Waals surface area (Å²) >= 11 is 0. The Kier molecular flexibility index (Phi) is 5.43. The number of aromatic nitrogens is 4. The molecule has 31 heavy (non-hydrogen) atoms. The van der Waals surface area contributed by atoms with Gasteiger partial charge in [-0.2, -0.15) is 9.97 Å². The van der Waals surface area contributed by atoms with E-state index in [9.17, 15) is 9.59 Å². The van der Waals surface area contributed by atoms with Crippen molar-refractivity contribution in [2.75, 3.05) is 24.7 Å². The Morgan fingerprint density at radius 3 is 2.00 bits per heavy atom. The largest absolute Gasteiger partial charge is 0.485 e. The molecule has 0 amide bonds. The maximum atomic E-state index is 13.0. The van der Waals surface area contributed by atoms with Crippen molar-refractivity contribution in [1.29, 1.82) is 0 Å². The fraction of sp³-hybridized carbons (Fsp3) is 0.0952. The molecule has 0 saturated heterocycles. The molecule has 2 heterocycles. The number of ketones is 1. The molecular weight excluding hydrogens is 400 g/mol. The zero-order valence-electron chi connectivity index (χ0n) is 16.3. The van der Waals surface area contributed by atoms with Gasteiger partial charge in [-0.15, -0.1) is 0 Å². The number of rotatable bonds is 7. The van der Waals surface area contributed by atoms with E-state index < -0.39 is 11.7 Å². The molecule has 2 aromatic heterocycles. The van der Waals surface area contributed by atoms with Crippen LogP contribution in [-0.4, -0.2) is 44.4 Å². The highest BCUT2D eigenvalue weighted by molar-refractivity contribution is 6.05. The second-order valence-corrected chi connectivity index (χ2v) is 6.43. The molecule has 2 aromatic carbocycles. The molecule has 4 N–H and O–H groups in total. The number of anilines is 2. The zero-order chi connectivity index (χ0) is 21.8. The van der Waals surface area contributed by atoms with Crippen molar-refractivity contribution in [3.63, 3.8) is 0 Å². The third-order valence-electron chi connectivity index (χ3n) is 4.27.